The number of carbonyl (C=O) groups excluding carboxylic acids is 1. The predicted molar refractivity (Wildman–Crippen MR) is 98.5 cm³/mol. The largest absolute Gasteiger partial charge is 0.477 e. The average molecular weight is 370 g/mol. The quantitative estimate of drug-likeness (QED) is 0.796. The van der Waals surface area contributed by atoms with E-state index in [1.54, 1.807) is 18.2 Å². The standard InChI is InChI=1S/C19H22N4O4/c1-2-11-25-18-6-5-17(20-21-18)22-7-9-23(10-8-22)19(24)14-3-4-15-16(12-14)27-13-26-15/h3-6,12H,2,7-11,13H2,1H3. The maximum absolute atomic E-state index is 12.8. The van der Waals surface area contributed by atoms with Gasteiger partial charge in [0.25, 0.3) is 5.91 Å². The minimum absolute atomic E-state index is 0.00217. The van der Waals surface area contributed by atoms with Gasteiger partial charge in [0.2, 0.25) is 12.7 Å². The average Bonchev–Trinajstić information content (AvgIpc) is 3.20. The van der Waals surface area contributed by atoms with Crippen LogP contribution in [0.3, 0.4) is 0 Å². The molecule has 0 atom stereocenters. The smallest absolute Gasteiger partial charge is 0.254 e. The second-order valence-corrected chi connectivity index (χ2v) is 6.43. The van der Waals surface area contributed by atoms with E-state index in [9.17, 15) is 4.79 Å². The first-order valence-corrected chi connectivity index (χ1v) is 9.15. The van der Waals surface area contributed by atoms with Crippen molar-refractivity contribution in [3.8, 4) is 17.4 Å². The van der Waals surface area contributed by atoms with Gasteiger partial charge in [-0.15, -0.1) is 10.2 Å². The number of fused-ring (bicyclic) bond motifs is 1. The molecule has 2 aliphatic heterocycles. The first kappa shape index (κ1) is 17.4. The third-order valence-electron chi connectivity index (χ3n) is 4.59. The number of carbonyl (C=O) groups is 1. The summed E-state index contributed by atoms with van der Waals surface area (Å²) < 4.78 is 16.1. The van der Waals surface area contributed by atoms with Gasteiger partial charge in [-0.2, -0.15) is 0 Å². The van der Waals surface area contributed by atoms with E-state index in [0.29, 0.717) is 55.7 Å². The Labute approximate surface area is 157 Å². The molecule has 27 heavy (non-hydrogen) atoms. The molecule has 0 N–H and O–H groups in total. The van der Waals surface area contributed by atoms with E-state index in [0.717, 1.165) is 12.2 Å². The van der Waals surface area contributed by atoms with Gasteiger partial charge in [0, 0.05) is 37.8 Å². The number of rotatable bonds is 5. The first-order chi connectivity index (χ1) is 13.2. The zero-order chi connectivity index (χ0) is 18.6. The van der Waals surface area contributed by atoms with Gasteiger partial charge in [0.05, 0.1) is 6.61 Å². The molecular formula is C19H22N4O4. The van der Waals surface area contributed by atoms with E-state index < -0.39 is 0 Å². The van der Waals surface area contributed by atoms with E-state index in [2.05, 4.69) is 15.1 Å². The molecule has 8 nitrogen and oxygen atoms in total. The van der Waals surface area contributed by atoms with Crippen LogP contribution in [0, 0.1) is 0 Å². The monoisotopic (exact) mass is 370 g/mol. The summed E-state index contributed by atoms with van der Waals surface area (Å²) in [6.45, 7) is 5.56. The Hall–Kier alpha value is -3.03. The summed E-state index contributed by atoms with van der Waals surface area (Å²) in [6, 6.07) is 9.05. The Balaban J connectivity index is 1.35. The van der Waals surface area contributed by atoms with Crippen LogP contribution in [0.5, 0.6) is 17.4 Å². The van der Waals surface area contributed by atoms with Gasteiger partial charge >= 0.3 is 0 Å². The molecule has 0 spiro atoms. The van der Waals surface area contributed by atoms with E-state index in [1.807, 2.05) is 24.0 Å². The van der Waals surface area contributed by atoms with Gasteiger partial charge in [-0.05, 0) is 30.7 Å². The molecule has 3 heterocycles. The van der Waals surface area contributed by atoms with Crippen LogP contribution in [0.15, 0.2) is 30.3 Å². The Morgan fingerprint density at radius 2 is 1.89 bits per heavy atom. The molecule has 1 aromatic heterocycles. The highest BCUT2D eigenvalue weighted by Gasteiger charge is 2.24. The molecular weight excluding hydrogens is 348 g/mol. The molecule has 1 aromatic carbocycles. The molecule has 1 saturated heterocycles. The molecule has 0 radical (unpaired) electrons. The van der Waals surface area contributed by atoms with E-state index >= 15 is 0 Å². The van der Waals surface area contributed by atoms with Crippen molar-refractivity contribution in [3.63, 3.8) is 0 Å². The normalized spacial score (nSPS) is 15.7. The molecule has 0 unspecified atom stereocenters. The summed E-state index contributed by atoms with van der Waals surface area (Å²) >= 11 is 0. The second kappa shape index (κ2) is 7.69. The maximum Gasteiger partial charge on any atom is 0.254 e. The number of nitrogens with zero attached hydrogens (tertiary/aromatic N) is 4. The highest BCUT2D eigenvalue weighted by atomic mass is 16.7. The van der Waals surface area contributed by atoms with Crippen molar-refractivity contribution in [2.45, 2.75) is 13.3 Å². The minimum atomic E-state index is 0.00217. The lowest BCUT2D eigenvalue weighted by molar-refractivity contribution is 0.0746. The van der Waals surface area contributed by atoms with Crippen molar-refractivity contribution in [1.29, 1.82) is 0 Å². The summed E-state index contributed by atoms with van der Waals surface area (Å²) in [5.41, 5.74) is 0.616. The molecule has 1 amide bonds. The van der Waals surface area contributed by atoms with Gasteiger partial charge in [-0.25, -0.2) is 0 Å². The summed E-state index contributed by atoms with van der Waals surface area (Å²) in [5, 5.41) is 8.35. The number of hydrogen-bond donors (Lipinski definition) is 0. The van der Waals surface area contributed by atoms with Crippen molar-refractivity contribution < 1.29 is 19.0 Å². The van der Waals surface area contributed by atoms with Crippen molar-refractivity contribution in [3.05, 3.63) is 35.9 Å². The van der Waals surface area contributed by atoms with Crippen LogP contribution < -0.4 is 19.1 Å². The third-order valence-corrected chi connectivity index (χ3v) is 4.59. The van der Waals surface area contributed by atoms with Crippen LogP contribution in [-0.4, -0.2) is 60.6 Å². The molecule has 0 saturated carbocycles. The van der Waals surface area contributed by atoms with Crippen molar-refractivity contribution >= 4 is 11.7 Å². The van der Waals surface area contributed by atoms with Crippen molar-refractivity contribution in [1.82, 2.24) is 15.1 Å². The molecule has 142 valence electrons. The number of hydrogen-bond acceptors (Lipinski definition) is 7. The summed E-state index contributed by atoms with van der Waals surface area (Å²) in [6.07, 6.45) is 0.933. The Kier molecular flexibility index (Phi) is 4.95. The zero-order valence-electron chi connectivity index (χ0n) is 15.3. The number of ether oxygens (including phenoxy) is 3. The second-order valence-electron chi connectivity index (χ2n) is 6.43. The molecule has 0 aliphatic carbocycles. The lowest BCUT2D eigenvalue weighted by Crippen LogP contribution is -2.49. The lowest BCUT2D eigenvalue weighted by atomic mass is 10.1. The van der Waals surface area contributed by atoms with E-state index in [4.69, 9.17) is 14.2 Å². The lowest BCUT2D eigenvalue weighted by Gasteiger charge is -2.35. The zero-order valence-corrected chi connectivity index (χ0v) is 15.3. The van der Waals surface area contributed by atoms with Gasteiger partial charge in [-0.1, -0.05) is 6.92 Å². The molecule has 4 rings (SSSR count). The molecule has 2 aromatic rings. The molecule has 2 aliphatic rings. The summed E-state index contributed by atoms with van der Waals surface area (Å²) in [4.78, 5) is 16.7. The SMILES string of the molecule is CCCOc1ccc(N2CCN(C(=O)c3ccc4c(c3)OCO4)CC2)nn1. The fraction of sp³-hybridized carbons (Fsp3) is 0.421. The predicted octanol–water partition coefficient (Wildman–Crippen LogP) is 1.96. The van der Waals surface area contributed by atoms with Crippen molar-refractivity contribution in [2.75, 3.05) is 44.5 Å². The van der Waals surface area contributed by atoms with Crippen molar-refractivity contribution in [2.24, 2.45) is 0 Å². The highest BCUT2D eigenvalue weighted by molar-refractivity contribution is 5.95. The maximum atomic E-state index is 12.8. The molecule has 1 fully saturated rings. The Morgan fingerprint density at radius 3 is 2.63 bits per heavy atom. The van der Waals surface area contributed by atoms with Crippen LogP contribution in [0.2, 0.25) is 0 Å². The van der Waals surface area contributed by atoms with E-state index in [1.165, 1.54) is 0 Å². The topological polar surface area (TPSA) is 77.0 Å². The van der Waals surface area contributed by atoms with Crippen LogP contribution in [0.1, 0.15) is 23.7 Å². The van der Waals surface area contributed by atoms with Gasteiger partial charge in [0.15, 0.2) is 17.3 Å². The summed E-state index contributed by atoms with van der Waals surface area (Å²) in [5.74, 6) is 2.65. The Morgan fingerprint density at radius 1 is 1.07 bits per heavy atom. The number of amides is 1. The van der Waals surface area contributed by atoms with Crippen LogP contribution in [0.25, 0.3) is 0 Å². The molecule has 0 bridgehead atoms. The highest BCUT2D eigenvalue weighted by Crippen LogP contribution is 2.33. The van der Waals surface area contributed by atoms with E-state index in [-0.39, 0.29) is 12.7 Å². The van der Waals surface area contributed by atoms with Gasteiger partial charge in [0.1, 0.15) is 0 Å². The Bertz CT molecular complexity index is 804. The van der Waals surface area contributed by atoms with Gasteiger partial charge < -0.3 is 24.0 Å². The fourth-order valence-electron chi connectivity index (χ4n) is 3.12. The minimum Gasteiger partial charge on any atom is -0.477 e. The van der Waals surface area contributed by atoms with Crippen LogP contribution in [-0.2, 0) is 0 Å². The van der Waals surface area contributed by atoms with Crippen LogP contribution >= 0.6 is 0 Å². The fourth-order valence-corrected chi connectivity index (χ4v) is 3.12. The molecule has 8 heteroatoms. The van der Waals surface area contributed by atoms with Gasteiger partial charge in [-0.3, -0.25) is 4.79 Å². The van der Waals surface area contributed by atoms with Crippen LogP contribution in [0.4, 0.5) is 5.82 Å². The first-order valence-electron chi connectivity index (χ1n) is 9.15. The number of aromatic nitrogens is 2. The summed E-state index contributed by atoms with van der Waals surface area (Å²) in [7, 11) is 0. The number of piperazine rings is 1. The number of benzene rings is 1. The number of anilines is 1. The third kappa shape index (κ3) is 3.74.